The number of H-pyrrole nitrogens is 1. The number of fused-ring (bicyclic) bond motifs is 3. The second-order valence-electron chi connectivity index (χ2n) is 9.54. The van der Waals surface area contributed by atoms with E-state index in [1.807, 2.05) is 17.0 Å². The number of carbonyl (C=O) groups excluding carboxylic acids is 1. The van der Waals surface area contributed by atoms with Crippen LogP contribution >= 0.6 is 11.3 Å². The molecule has 0 bridgehead atoms. The molecular formula is C25H30N6O2S. The van der Waals surface area contributed by atoms with Crippen LogP contribution in [0.3, 0.4) is 0 Å². The van der Waals surface area contributed by atoms with E-state index in [4.69, 9.17) is 4.98 Å². The van der Waals surface area contributed by atoms with E-state index in [-0.39, 0.29) is 11.5 Å². The van der Waals surface area contributed by atoms with E-state index in [0.29, 0.717) is 25.2 Å². The Morgan fingerprint density at radius 2 is 1.82 bits per heavy atom. The number of aromatic nitrogens is 3. The second kappa shape index (κ2) is 9.11. The van der Waals surface area contributed by atoms with E-state index in [1.165, 1.54) is 16.9 Å². The minimum absolute atomic E-state index is 0.000710. The number of hydrogen-bond acceptors (Lipinski definition) is 7. The summed E-state index contributed by atoms with van der Waals surface area (Å²) in [5.74, 6) is 1.60. The van der Waals surface area contributed by atoms with Crippen molar-refractivity contribution in [3.8, 4) is 0 Å². The lowest BCUT2D eigenvalue weighted by Gasteiger charge is -2.35. The zero-order chi connectivity index (χ0) is 23.1. The minimum Gasteiger partial charge on any atom is -0.356 e. The van der Waals surface area contributed by atoms with Crippen LogP contribution in [0.2, 0.25) is 0 Å². The van der Waals surface area contributed by atoms with Crippen LogP contribution in [0.5, 0.6) is 0 Å². The van der Waals surface area contributed by atoms with Crippen molar-refractivity contribution >= 4 is 33.3 Å². The first-order chi connectivity index (χ1) is 16.7. The third-order valence-electron chi connectivity index (χ3n) is 7.33. The van der Waals surface area contributed by atoms with Gasteiger partial charge in [0.25, 0.3) is 11.5 Å². The summed E-state index contributed by atoms with van der Waals surface area (Å²) >= 11 is 1.69. The number of piperazine rings is 1. The zero-order valence-electron chi connectivity index (χ0n) is 19.4. The smallest absolute Gasteiger partial charge is 0.259 e. The number of amides is 1. The fourth-order valence-electron chi connectivity index (χ4n) is 5.52. The van der Waals surface area contributed by atoms with E-state index < -0.39 is 0 Å². The fraction of sp³-hybridized carbons (Fsp3) is 0.520. The molecule has 2 aliphatic heterocycles. The molecule has 9 heteroatoms. The van der Waals surface area contributed by atoms with Gasteiger partial charge in [-0.15, -0.1) is 11.3 Å². The number of nitrogens with zero attached hydrogens (tertiary/aromatic N) is 5. The summed E-state index contributed by atoms with van der Waals surface area (Å²) in [7, 11) is 0. The number of pyridine rings is 1. The second-order valence-corrected chi connectivity index (χ2v) is 10.6. The first-order valence-corrected chi connectivity index (χ1v) is 13.2. The Hall–Kier alpha value is -2.78. The van der Waals surface area contributed by atoms with E-state index in [9.17, 15) is 9.59 Å². The molecular weight excluding hydrogens is 448 g/mol. The van der Waals surface area contributed by atoms with Crippen molar-refractivity contribution in [3.05, 3.63) is 50.5 Å². The molecule has 1 amide bonds. The van der Waals surface area contributed by atoms with Gasteiger partial charge in [0.1, 0.15) is 16.5 Å². The molecule has 3 aromatic heterocycles. The predicted molar refractivity (Wildman–Crippen MR) is 134 cm³/mol. The van der Waals surface area contributed by atoms with Gasteiger partial charge < -0.3 is 14.8 Å². The van der Waals surface area contributed by atoms with Gasteiger partial charge in [-0.25, -0.2) is 9.97 Å². The number of thiophene rings is 1. The molecule has 0 radical (unpaired) electrons. The van der Waals surface area contributed by atoms with Crippen molar-refractivity contribution in [2.24, 2.45) is 0 Å². The Morgan fingerprint density at radius 1 is 1.03 bits per heavy atom. The monoisotopic (exact) mass is 478 g/mol. The molecule has 1 aliphatic carbocycles. The molecule has 5 heterocycles. The van der Waals surface area contributed by atoms with Gasteiger partial charge in [0.05, 0.1) is 17.5 Å². The third-order valence-corrected chi connectivity index (χ3v) is 8.52. The Morgan fingerprint density at radius 3 is 2.65 bits per heavy atom. The summed E-state index contributed by atoms with van der Waals surface area (Å²) in [5, 5.41) is 0.809. The third kappa shape index (κ3) is 4.01. The number of carbonyl (C=O) groups is 1. The molecule has 1 N–H and O–H groups in total. The molecule has 34 heavy (non-hydrogen) atoms. The zero-order valence-corrected chi connectivity index (χ0v) is 20.2. The van der Waals surface area contributed by atoms with E-state index >= 15 is 0 Å². The summed E-state index contributed by atoms with van der Waals surface area (Å²) in [6.45, 7) is 5.37. The van der Waals surface area contributed by atoms with Crippen molar-refractivity contribution in [2.45, 2.75) is 45.1 Å². The summed E-state index contributed by atoms with van der Waals surface area (Å²) in [4.78, 5) is 47.2. The van der Waals surface area contributed by atoms with Gasteiger partial charge in [-0.3, -0.25) is 14.5 Å². The highest BCUT2D eigenvalue weighted by molar-refractivity contribution is 7.18. The van der Waals surface area contributed by atoms with Crippen molar-refractivity contribution in [2.75, 3.05) is 44.2 Å². The number of nitrogens with one attached hydrogen (secondary N) is 1. The Balaban J connectivity index is 1.13. The minimum atomic E-state index is -0.000710. The molecule has 0 saturated carbocycles. The highest BCUT2D eigenvalue weighted by atomic mass is 32.1. The fourth-order valence-corrected chi connectivity index (χ4v) is 6.80. The molecule has 3 aliphatic rings. The quantitative estimate of drug-likeness (QED) is 0.621. The van der Waals surface area contributed by atoms with Crippen LogP contribution in [0.25, 0.3) is 10.2 Å². The average molecular weight is 479 g/mol. The van der Waals surface area contributed by atoms with Crippen molar-refractivity contribution in [3.63, 3.8) is 0 Å². The lowest BCUT2D eigenvalue weighted by Crippen LogP contribution is -2.48. The molecule has 0 aromatic carbocycles. The SMILES string of the molecule is O=C(c1cccnc1N1CCCC1)N1CCN(Cc2nc3sc4c(c3c(=O)[nH]2)CCCC4)CC1. The summed E-state index contributed by atoms with van der Waals surface area (Å²) < 4.78 is 0. The Labute approximate surface area is 202 Å². The van der Waals surface area contributed by atoms with E-state index in [2.05, 4.69) is 19.8 Å². The first-order valence-electron chi connectivity index (χ1n) is 12.4. The van der Waals surface area contributed by atoms with Gasteiger partial charge in [-0.2, -0.15) is 0 Å². The topological polar surface area (TPSA) is 85.4 Å². The molecule has 178 valence electrons. The largest absolute Gasteiger partial charge is 0.356 e. The first kappa shape index (κ1) is 21.7. The molecule has 3 aromatic rings. The highest BCUT2D eigenvalue weighted by Gasteiger charge is 2.27. The van der Waals surface area contributed by atoms with Gasteiger partial charge in [0.2, 0.25) is 0 Å². The number of rotatable bonds is 4. The Kier molecular flexibility index (Phi) is 5.82. The Bertz CT molecular complexity index is 1270. The molecule has 0 atom stereocenters. The highest BCUT2D eigenvalue weighted by Crippen LogP contribution is 2.33. The summed E-state index contributed by atoms with van der Waals surface area (Å²) in [6, 6.07) is 3.75. The van der Waals surface area contributed by atoms with Crippen LogP contribution in [-0.4, -0.2) is 69.9 Å². The number of anilines is 1. The number of aryl methyl sites for hydroxylation is 2. The maximum absolute atomic E-state index is 13.3. The van der Waals surface area contributed by atoms with Crippen molar-refractivity contribution < 1.29 is 4.79 Å². The number of hydrogen-bond donors (Lipinski definition) is 1. The molecule has 6 rings (SSSR count). The molecule has 2 saturated heterocycles. The van der Waals surface area contributed by atoms with Crippen LogP contribution < -0.4 is 10.5 Å². The lowest BCUT2D eigenvalue weighted by molar-refractivity contribution is 0.0626. The lowest BCUT2D eigenvalue weighted by atomic mass is 9.97. The molecule has 0 spiro atoms. The summed E-state index contributed by atoms with van der Waals surface area (Å²) in [5.41, 5.74) is 1.93. The van der Waals surface area contributed by atoms with Crippen LogP contribution in [-0.2, 0) is 19.4 Å². The van der Waals surface area contributed by atoms with Crippen molar-refractivity contribution in [1.29, 1.82) is 0 Å². The predicted octanol–water partition coefficient (Wildman–Crippen LogP) is 2.82. The van der Waals surface area contributed by atoms with Crippen LogP contribution in [0.1, 0.15) is 52.3 Å². The van der Waals surface area contributed by atoms with E-state index in [0.717, 1.165) is 80.1 Å². The molecule has 8 nitrogen and oxygen atoms in total. The number of aromatic amines is 1. The van der Waals surface area contributed by atoms with Gasteiger partial charge in [-0.05, 0) is 56.2 Å². The van der Waals surface area contributed by atoms with Gasteiger partial charge in [0.15, 0.2) is 0 Å². The van der Waals surface area contributed by atoms with Crippen LogP contribution in [0.4, 0.5) is 5.82 Å². The van der Waals surface area contributed by atoms with Gasteiger partial charge >= 0.3 is 0 Å². The van der Waals surface area contributed by atoms with Gasteiger partial charge in [0, 0.05) is 50.3 Å². The maximum Gasteiger partial charge on any atom is 0.259 e. The average Bonchev–Trinajstić information content (AvgIpc) is 3.52. The summed E-state index contributed by atoms with van der Waals surface area (Å²) in [6.07, 6.45) is 8.49. The normalized spacial score (nSPS) is 19.1. The van der Waals surface area contributed by atoms with Crippen LogP contribution in [0.15, 0.2) is 23.1 Å². The molecule has 2 fully saturated rings. The van der Waals surface area contributed by atoms with Gasteiger partial charge in [-0.1, -0.05) is 0 Å². The molecule has 0 unspecified atom stereocenters. The van der Waals surface area contributed by atoms with Crippen molar-refractivity contribution in [1.82, 2.24) is 24.8 Å². The standard InChI is InChI=1S/C25H30N6O2S/c32-23-21-17-6-1-2-8-19(17)34-24(21)28-20(27-23)16-29-12-14-31(15-13-29)25(33)18-7-5-9-26-22(18)30-10-3-4-11-30/h5,7,9H,1-4,6,8,10-16H2,(H,27,28,32). The van der Waals surface area contributed by atoms with E-state index in [1.54, 1.807) is 17.5 Å². The van der Waals surface area contributed by atoms with Crippen LogP contribution in [0, 0.1) is 0 Å². The maximum atomic E-state index is 13.3.